The lowest BCUT2D eigenvalue weighted by molar-refractivity contribution is -0.115. The standard InChI is InChI=1S/C17H22FN3O3S/c1-12(2)14-6-8-15(9-7-14)25(24)21(5)10-16(18)17(19-13(3)23)20(4)11-22/h6-12H,1-5H3/b16-10+,19-17+. The number of hydrogen-bond donors (Lipinski definition) is 0. The summed E-state index contributed by atoms with van der Waals surface area (Å²) in [5.41, 5.74) is 1.11. The van der Waals surface area contributed by atoms with Crippen LogP contribution in [0.3, 0.4) is 0 Å². The molecule has 0 aliphatic heterocycles. The highest BCUT2D eigenvalue weighted by atomic mass is 32.2. The van der Waals surface area contributed by atoms with E-state index in [0.29, 0.717) is 17.2 Å². The average molecular weight is 367 g/mol. The first kappa shape index (κ1) is 20.9. The van der Waals surface area contributed by atoms with Crippen molar-refractivity contribution >= 4 is 29.5 Å². The third kappa shape index (κ3) is 5.99. The predicted molar refractivity (Wildman–Crippen MR) is 95.8 cm³/mol. The van der Waals surface area contributed by atoms with Crippen molar-refractivity contribution in [1.29, 1.82) is 0 Å². The van der Waals surface area contributed by atoms with E-state index < -0.39 is 28.9 Å². The molecule has 8 heteroatoms. The molecule has 0 saturated heterocycles. The van der Waals surface area contributed by atoms with Crippen LogP contribution in [0.1, 0.15) is 32.3 Å². The fourth-order valence-corrected chi connectivity index (χ4v) is 2.79. The zero-order chi connectivity index (χ0) is 19.1. The van der Waals surface area contributed by atoms with E-state index in [4.69, 9.17) is 0 Å². The summed E-state index contributed by atoms with van der Waals surface area (Å²) < 4.78 is 28.0. The first-order chi connectivity index (χ1) is 11.7. The first-order valence-corrected chi connectivity index (χ1v) is 8.67. The van der Waals surface area contributed by atoms with Crippen molar-refractivity contribution in [3.8, 4) is 0 Å². The minimum atomic E-state index is -1.64. The monoisotopic (exact) mass is 367 g/mol. The highest BCUT2D eigenvalue weighted by Crippen LogP contribution is 2.20. The van der Waals surface area contributed by atoms with Gasteiger partial charge in [-0.2, -0.15) is 9.30 Å². The Kier molecular flexibility index (Phi) is 7.79. The van der Waals surface area contributed by atoms with Crippen LogP contribution in [0, 0.1) is 0 Å². The minimum Gasteiger partial charge on any atom is -0.588 e. The summed E-state index contributed by atoms with van der Waals surface area (Å²) >= 11 is -1.64. The maximum Gasteiger partial charge on any atom is 0.244 e. The van der Waals surface area contributed by atoms with Gasteiger partial charge < -0.3 is 4.55 Å². The SMILES string of the molecule is CC(=O)/N=C(\C(F)=C/N(C)[S+]([O-])c1ccc(C(C)C)cc1)N(C)C=O. The Labute approximate surface area is 150 Å². The van der Waals surface area contributed by atoms with Crippen LogP contribution in [-0.4, -0.2) is 46.0 Å². The number of halogens is 1. The summed E-state index contributed by atoms with van der Waals surface area (Å²) in [4.78, 5) is 26.7. The van der Waals surface area contributed by atoms with Crippen molar-refractivity contribution in [2.24, 2.45) is 4.99 Å². The van der Waals surface area contributed by atoms with Gasteiger partial charge in [-0.05, 0) is 23.6 Å². The number of rotatable bonds is 6. The quantitative estimate of drug-likeness (QED) is 0.335. The van der Waals surface area contributed by atoms with Gasteiger partial charge in [0.25, 0.3) is 0 Å². The lowest BCUT2D eigenvalue weighted by atomic mass is 10.0. The van der Waals surface area contributed by atoms with E-state index in [1.54, 1.807) is 12.1 Å². The Morgan fingerprint density at radius 1 is 1.28 bits per heavy atom. The molecule has 0 bridgehead atoms. The molecule has 0 aliphatic rings. The van der Waals surface area contributed by atoms with E-state index in [2.05, 4.69) is 18.8 Å². The number of carbonyl (C=O) groups is 2. The lowest BCUT2D eigenvalue weighted by Crippen LogP contribution is -2.29. The highest BCUT2D eigenvalue weighted by molar-refractivity contribution is 7.89. The number of likely N-dealkylation sites (N-methyl/N-ethyl adjacent to an activating group) is 1. The number of carbonyl (C=O) groups excluding carboxylic acids is 2. The minimum absolute atomic E-state index is 0.330. The van der Waals surface area contributed by atoms with Crippen LogP contribution in [0.15, 0.2) is 46.2 Å². The Morgan fingerprint density at radius 2 is 1.84 bits per heavy atom. The van der Waals surface area contributed by atoms with E-state index in [-0.39, 0.29) is 0 Å². The molecule has 2 amide bonds. The second-order valence-corrected chi connectivity index (χ2v) is 7.21. The molecule has 1 unspecified atom stereocenters. The number of benzene rings is 1. The van der Waals surface area contributed by atoms with Crippen molar-refractivity contribution in [3.05, 3.63) is 41.9 Å². The molecule has 25 heavy (non-hydrogen) atoms. The highest BCUT2D eigenvalue weighted by Gasteiger charge is 2.20. The zero-order valence-corrected chi connectivity index (χ0v) is 15.7. The van der Waals surface area contributed by atoms with Gasteiger partial charge in [-0.25, -0.2) is 4.39 Å². The van der Waals surface area contributed by atoms with Crippen LogP contribution in [0.5, 0.6) is 0 Å². The van der Waals surface area contributed by atoms with Gasteiger partial charge in [-0.1, -0.05) is 26.0 Å². The second-order valence-electron chi connectivity index (χ2n) is 5.67. The smallest absolute Gasteiger partial charge is 0.244 e. The molecule has 1 aromatic carbocycles. The molecular weight excluding hydrogens is 345 g/mol. The van der Waals surface area contributed by atoms with E-state index >= 15 is 0 Å². The van der Waals surface area contributed by atoms with E-state index in [0.717, 1.165) is 27.9 Å². The summed E-state index contributed by atoms with van der Waals surface area (Å²) in [5.74, 6) is -1.69. The largest absolute Gasteiger partial charge is 0.588 e. The fourth-order valence-electron chi connectivity index (χ4n) is 1.90. The molecule has 0 heterocycles. The summed E-state index contributed by atoms with van der Waals surface area (Å²) in [6.07, 6.45) is 1.27. The summed E-state index contributed by atoms with van der Waals surface area (Å²) in [5, 5.41) is 0. The third-order valence-electron chi connectivity index (χ3n) is 3.27. The van der Waals surface area contributed by atoms with E-state index in [9.17, 15) is 18.5 Å². The van der Waals surface area contributed by atoms with Crippen molar-refractivity contribution in [3.63, 3.8) is 0 Å². The topological polar surface area (TPSA) is 76.0 Å². The van der Waals surface area contributed by atoms with Crippen LogP contribution in [0.2, 0.25) is 0 Å². The lowest BCUT2D eigenvalue weighted by Gasteiger charge is -2.19. The fraction of sp³-hybridized carbons (Fsp3) is 0.353. The molecule has 0 spiro atoms. The van der Waals surface area contributed by atoms with Crippen molar-refractivity contribution in [2.45, 2.75) is 31.6 Å². The molecule has 6 nitrogen and oxygen atoms in total. The van der Waals surface area contributed by atoms with E-state index in [1.165, 1.54) is 14.1 Å². The van der Waals surface area contributed by atoms with Crippen molar-refractivity contribution in [1.82, 2.24) is 9.21 Å². The van der Waals surface area contributed by atoms with Crippen LogP contribution < -0.4 is 0 Å². The van der Waals surface area contributed by atoms with E-state index in [1.807, 2.05) is 12.1 Å². The van der Waals surface area contributed by atoms with Crippen molar-refractivity contribution in [2.75, 3.05) is 14.1 Å². The molecule has 0 fully saturated rings. The zero-order valence-electron chi connectivity index (χ0n) is 14.9. The Morgan fingerprint density at radius 3 is 2.28 bits per heavy atom. The molecule has 136 valence electrons. The summed E-state index contributed by atoms with van der Waals surface area (Å²) in [7, 11) is 2.70. The molecule has 1 rings (SSSR count). The van der Waals surface area contributed by atoms with Gasteiger partial charge in [0.2, 0.25) is 12.3 Å². The summed E-state index contributed by atoms with van der Waals surface area (Å²) in [6.45, 7) is 5.25. The van der Waals surface area contributed by atoms with Crippen LogP contribution >= 0.6 is 0 Å². The molecule has 0 radical (unpaired) electrons. The maximum absolute atomic E-state index is 14.4. The van der Waals surface area contributed by atoms with Gasteiger partial charge in [-0.15, -0.1) is 0 Å². The predicted octanol–water partition coefficient (Wildman–Crippen LogP) is 2.61. The molecular formula is C17H22FN3O3S. The number of amides is 2. The molecule has 0 N–H and O–H groups in total. The average Bonchev–Trinajstić information content (AvgIpc) is 2.57. The van der Waals surface area contributed by atoms with Gasteiger partial charge in [0, 0.05) is 14.0 Å². The first-order valence-electron chi connectivity index (χ1n) is 7.57. The Bertz CT molecular complexity index is 674. The second kappa shape index (κ2) is 9.33. The van der Waals surface area contributed by atoms with Gasteiger partial charge in [0.1, 0.15) is 11.4 Å². The van der Waals surface area contributed by atoms with Gasteiger partial charge >= 0.3 is 0 Å². The normalized spacial score (nSPS) is 13.6. The van der Waals surface area contributed by atoms with Crippen LogP contribution in [0.25, 0.3) is 0 Å². The summed E-state index contributed by atoms with van der Waals surface area (Å²) in [6, 6.07) is 7.18. The van der Waals surface area contributed by atoms with Crippen LogP contribution in [-0.2, 0) is 21.0 Å². The number of aliphatic imine (C=N–C) groups is 1. The Hall–Kier alpha value is -2.19. The molecule has 0 aromatic heterocycles. The van der Waals surface area contributed by atoms with Crippen LogP contribution in [0.4, 0.5) is 4.39 Å². The molecule has 1 aromatic rings. The number of amidine groups is 1. The number of hydrogen-bond acceptors (Lipinski definition) is 4. The van der Waals surface area contributed by atoms with Gasteiger partial charge in [0.15, 0.2) is 16.6 Å². The number of nitrogens with zero attached hydrogens (tertiary/aromatic N) is 3. The van der Waals surface area contributed by atoms with Gasteiger partial charge in [0.05, 0.1) is 13.2 Å². The van der Waals surface area contributed by atoms with Crippen molar-refractivity contribution < 1.29 is 18.5 Å². The molecule has 0 aliphatic carbocycles. The molecule has 0 saturated carbocycles. The van der Waals surface area contributed by atoms with Gasteiger partial charge in [-0.3, -0.25) is 14.5 Å². The third-order valence-corrected chi connectivity index (χ3v) is 4.58. The Balaban J connectivity index is 3.03. The maximum atomic E-state index is 14.4. The molecule has 1 atom stereocenters.